The molecule has 0 aliphatic heterocycles. The molecule has 1 aromatic rings. The van der Waals surface area contributed by atoms with Crippen molar-refractivity contribution in [1.82, 2.24) is 0 Å². The summed E-state index contributed by atoms with van der Waals surface area (Å²) in [6.45, 7) is 1.15. The molecule has 1 aromatic carbocycles. The van der Waals surface area contributed by atoms with Crippen molar-refractivity contribution in [2.75, 3.05) is 18.5 Å². The summed E-state index contributed by atoms with van der Waals surface area (Å²) in [4.78, 5) is 0. The van der Waals surface area contributed by atoms with Gasteiger partial charge in [0.25, 0.3) is 0 Å². The zero-order valence-corrected chi connectivity index (χ0v) is 13.3. The van der Waals surface area contributed by atoms with E-state index in [2.05, 4.69) is 21.2 Å². The number of hydrogen-bond acceptors (Lipinski definition) is 2. The van der Waals surface area contributed by atoms with Gasteiger partial charge in [-0.3, -0.25) is 0 Å². The second-order valence-electron chi connectivity index (χ2n) is 5.25. The topological polar surface area (TPSA) is 21.3 Å². The Labute approximate surface area is 131 Å². The van der Waals surface area contributed by atoms with Gasteiger partial charge < -0.3 is 10.1 Å². The van der Waals surface area contributed by atoms with E-state index in [1.165, 1.54) is 25.3 Å². The van der Waals surface area contributed by atoms with E-state index in [0.717, 1.165) is 25.0 Å². The van der Waals surface area contributed by atoms with Crippen LogP contribution in [0.15, 0.2) is 22.7 Å². The Hall–Kier alpha value is -0.750. The maximum atomic E-state index is 12.6. The van der Waals surface area contributed by atoms with Crippen molar-refractivity contribution in [3.8, 4) is 0 Å². The van der Waals surface area contributed by atoms with E-state index < -0.39 is 11.7 Å². The van der Waals surface area contributed by atoms with E-state index in [4.69, 9.17) is 4.74 Å². The molecule has 0 unspecified atom stereocenters. The van der Waals surface area contributed by atoms with Crippen molar-refractivity contribution in [3.63, 3.8) is 0 Å². The number of halogens is 4. The fourth-order valence-electron chi connectivity index (χ4n) is 2.48. The summed E-state index contributed by atoms with van der Waals surface area (Å²) < 4.78 is 43.8. The van der Waals surface area contributed by atoms with Gasteiger partial charge in [0.1, 0.15) is 0 Å². The second kappa shape index (κ2) is 7.49. The molecular weight excluding hydrogens is 347 g/mol. The number of benzene rings is 1. The highest BCUT2D eigenvalue weighted by atomic mass is 79.9. The molecule has 118 valence electrons. The Kier molecular flexibility index (Phi) is 5.93. The minimum absolute atomic E-state index is 0.344. The van der Waals surface area contributed by atoms with Crippen molar-refractivity contribution >= 4 is 21.6 Å². The van der Waals surface area contributed by atoms with E-state index in [-0.39, 0.29) is 0 Å². The summed E-state index contributed by atoms with van der Waals surface area (Å²) in [6.07, 6.45) is 2.00. The Morgan fingerprint density at radius 3 is 2.52 bits per heavy atom. The maximum Gasteiger partial charge on any atom is 0.416 e. The van der Waals surface area contributed by atoms with Gasteiger partial charge >= 0.3 is 6.18 Å². The number of rotatable bonds is 5. The van der Waals surface area contributed by atoms with E-state index >= 15 is 0 Å². The Bertz CT molecular complexity index is 459. The summed E-state index contributed by atoms with van der Waals surface area (Å²) in [5.41, 5.74) is -0.00590. The van der Waals surface area contributed by atoms with Crippen molar-refractivity contribution in [1.29, 1.82) is 0 Å². The summed E-state index contributed by atoms with van der Waals surface area (Å²) in [6, 6.07) is 3.60. The molecule has 1 aliphatic rings. The average Bonchev–Trinajstić information content (AvgIpc) is 2.45. The van der Waals surface area contributed by atoms with E-state index in [1.807, 2.05) is 0 Å². The third kappa shape index (κ3) is 5.18. The molecule has 2 rings (SSSR count). The fraction of sp³-hybridized carbons (Fsp3) is 0.600. The van der Waals surface area contributed by atoms with Crippen molar-refractivity contribution < 1.29 is 17.9 Å². The molecule has 1 aliphatic carbocycles. The predicted molar refractivity (Wildman–Crippen MR) is 80.5 cm³/mol. The van der Waals surface area contributed by atoms with Gasteiger partial charge in [0.2, 0.25) is 0 Å². The summed E-state index contributed by atoms with van der Waals surface area (Å²) in [7, 11) is 0. The molecule has 0 atom stereocenters. The van der Waals surface area contributed by atoms with Crippen LogP contribution in [0, 0.1) is 0 Å². The lowest BCUT2D eigenvalue weighted by Crippen LogP contribution is -2.20. The van der Waals surface area contributed by atoms with Gasteiger partial charge in [-0.25, -0.2) is 0 Å². The summed E-state index contributed by atoms with van der Waals surface area (Å²) in [5, 5.41) is 3.09. The van der Waals surface area contributed by atoms with Crippen LogP contribution in [-0.4, -0.2) is 19.3 Å². The van der Waals surface area contributed by atoms with Gasteiger partial charge in [-0.1, -0.05) is 19.3 Å². The van der Waals surface area contributed by atoms with Gasteiger partial charge in [0, 0.05) is 16.7 Å². The zero-order chi connectivity index (χ0) is 15.3. The fourth-order valence-corrected chi connectivity index (χ4v) is 3.00. The predicted octanol–water partition coefficient (Wildman–Crippen LogP) is 5.23. The molecular formula is C15H19BrF3NO. The molecule has 6 heteroatoms. The SMILES string of the molecule is FC(F)(F)c1ccc(NCCOC2CCCCC2)c(Br)c1. The lowest BCUT2D eigenvalue weighted by Gasteiger charge is -2.22. The first kappa shape index (κ1) is 16.6. The molecule has 0 amide bonds. The minimum atomic E-state index is -4.31. The lowest BCUT2D eigenvalue weighted by molar-refractivity contribution is -0.137. The monoisotopic (exact) mass is 365 g/mol. The average molecular weight is 366 g/mol. The molecule has 1 saturated carbocycles. The number of ether oxygens (including phenoxy) is 1. The van der Waals surface area contributed by atoms with Crippen LogP contribution >= 0.6 is 15.9 Å². The molecule has 0 spiro atoms. The van der Waals surface area contributed by atoms with Crippen LogP contribution in [0.5, 0.6) is 0 Å². The molecule has 0 saturated heterocycles. The van der Waals surface area contributed by atoms with Gasteiger partial charge in [-0.05, 0) is 47.0 Å². The third-order valence-corrected chi connectivity index (χ3v) is 4.28. The van der Waals surface area contributed by atoms with Crippen LogP contribution in [0.4, 0.5) is 18.9 Å². The first-order chi connectivity index (χ1) is 9.97. The number of alkyl halides is 3. The standard InChI is InChI=1S/C15H19BrF3NO/c16-13-10-11(15(17,18)19)6-7-14(13)20-8-9-21-12-4-2-1-3-5-12/h6-7,10,12,20H,1-5,8-9H2. The first-order valence-electron chi connectivity index (χ1n) is 7.19. The normalized spacial score (nSPS) is 17.0. The Morgan fingerprint density at radius 2 is 1.90 bits per heavy atom. The van der Waals surface area contributed by atoms with Crippen LogP contribution in [0.2, 0.25) is 0 Å². The van der Waals surface area contributed by atoms with Gasteiger partial charge in [-0.15, -0.1) is 0 Å². The van der Waals surface area contributed by atoms with Crippen LogP contribution < -0.4 is 5.32 Å². The van der Waals surface area contributed by atoms with Crippen LogP contribution in [0.25, 0.3) is 0 Å². The Balaban J connectivity index is 1.78. The van der Waals surface area contributed by atoms with Crippen molar-refractivity contribution in [3.05, 3.63) is 28.2 Å². The summed E-state index contributed by atoms with van der Waals surface area (Å²) in [5.74, 6) is 0. The van der Waals surface area contributed by atoms with Crippen LogP contribution in [-0.2, 0) is 10.9 Å². The largest absolute Gasteiger partial charge is 0.416 e. The van der Waals surface area contributed by atoms with Crippen LogP contribution in [0.3, 0.4) is 0 Å². The highest BCUT2D eigenvalue weighted by Crippen LogP contribution is 2.33. The van der Waals surface area contributed by atoms with Crippen LogP contribution in [0.1, 0.15) is 37.7 Å². The molecule has 0 bridgehead atoms. The van der Waals surface area contributed by atoms with E-state index in [0.29, 0.717) is 29.4 Å². The molecule has 0 aromatic heterocycles. The minimum Gasteiger partial charge on any atom is -0.382 e. The zero-order valence-electron chi connectivity index (χ0n) is 11.7. The molecule has 0 heterocycles. The van der Waals surface area contributed by atoms with E-state index in [1.54, 1.807) is 0 Å². The highest BCUT2D eigenvalue weighted by Gasteiger charge is 2.30. The van der Waals surface area contributed by atoms with E-state index in [9.17, 15) is 13.2 Å². The molecule has 21 heavy (non-hydrogen) atoms. The molecule has 2 nitrogen and oxygen atoms in total. The smallest absolute Gasteiger partial charge is 0.382 e. The second-order valence-corrected chi connectivity index (χ2v) is 6.10. The maximum absolute atomic E-state index is 12.6. The van der Waals surface area contributed by atoms with Gasteiger partial charge in [0.15, 0.2) is 0 Å². The van der Waals surface area contributed by atoms with Crippen molar-refractivity contribution in [2.45, 2.75) is 44.4 Å². The number of anilines is 1. The van der Waals surface area contributed by atoms with Gasteiger partial charge in [-0.2, -0.15) is 13.2 Å². The Morgan fingerprint density at radius 1 is 1.19 bits per heavy atom. The number of hydrogen-bond donors (Lipinski definition) is 1. The van der Waals surface area contributed by atoms with Crippen molar-refractivity contribution in [2.24, 2.45) is 0 Å². The first-order valence-corrected chi connectivity index (χ1v) is 7.98. The van der Waals surface area contributed by atoms with Gasteiger partial charge in [0.05, 0.1) is 18.3 Å². The molecule has 1 fully saturated rings. The lowest BCUT2D eigenvalue weighted by atomic mass is 9.98. The highest BCUT2D eigenvalue weighted by molar-refractivity contribution is 9.10. The molecule has 1 N–H and O–H groups in total. The third-order valence-electron chi connectivity index (χ3n) is 3.62. The quantitative estimate of drug-likeness (QED) is 0.721. The number of nitrogens with one attached hydrogen (secondary N) is 1. The molecule has 0 radical (unpaired) electrons. The summed E-state index contributed by atoms with van der Waals surface area (Å²) >= 11 is 3.16.